The van der Waals surface area contributed by atoms with Gasteiger partial charge in [-0.1, -0.05) is 12.1 Å². The van der Waals surface area contributed by atoms with E-state index in [0.717, 1.165) is 23.5 Å². The number of amides is 2. The van der Waals surface area contributed by atoms with Gasteiger partial charge < -0.3 is 15.7 Å². The lowest BCUT2D eigenvalue weighted by Crippen LogP contribution is -2.37. The highest BCUT2D eigenvalue weighted by Gasteiger charge is 2.30. The van der Waals surface area contributed by atoms with E-state index in [9.17, 15) is 27.9 Å². The number of hydrogen-bond donors (Lipinski definition) is 3. The molecular weight excluding hydrogens is 469 g/mol. The summed E-state index contributed by atoms with van der Waals surface area (Å²) in [5.74, 6) is -0.841. The Hall–Kier alpha value is -3.31. The summed E-state index contributed by atoms with van der Waals surface area (Å²) < 4.78 is 38.3. The molecule has 1 unspecified atom stereocenters. The maximum Gasteiger partial charge on any atom is 0.416 e. The van der Waals surface area contributed by atoms with Gasteiger partial charge in [0, 0.05) is 16.6 Å². The van der Waals surface area contributed by atoms with Crippen LogP contribution >= 0.6 is 11.3 Å². The number of rotatable bonds is 6. The number of pyridine rings is 1. The van der Waals surface area contributed by atoms with E-state index in [1.54, 1.807) is 26.0 Å². The lowest BCUT2D eigenvalue weighted by molar-refractivity contribution is -0.137. The fourth-order valence-corrected chi connectivity index (χ4v) is 3.75. The van der Waals surface area contributed by atoms with Crippen molar-refractivity contribution in [3.8, 4) is 10.6 Å². The van der Waals surface area contributed by atoms with Crippen LogP contribution in [0.15, 0.2) is 41.8 Å². The van der Waals surface area contributed by atoms with Gasteiger partial charge in [-0.3, -0.25) is 9.59 Å². The quantitative estimate of drug-likeness (QED) is 0.461. The van der Waals surface area contributed by atoms with Crippen LogP contribution in [0.2, 0.25) is 0 Å². The molecule has 0 aliphatic rings. The highest BCUT2D eigenvalue weighted by molar-refractivity contribution is 7.13. The van der Waals surface area contributed by atoms with Crippen LogP contribution in [0, 0.1) is 6.92 Å². The van der Waals surface area contributed by atoms with Crippen molar-refractivity contribution >= 4 is 29.0 Å². The van der Waals surface area contributed by atoms with Gasteiger partial charge in [-0.2, -0.15) is 13.2 Å². The Morgan fingerprint density at radius 2 is 1.74 bits per heavy atom. The van der Waals surface area contributed by atoms with E-state index in [1.165, 1.54) is 31.4 Å². The van der Waals surface area contributed by atoms with Crippen molar-refractivity contribution in [2.75, 3.05) is 5.32 Å². The summed E-state index contributed by atoms with van der Waals surface area (Å²) in [6, 6.07) is 7.44. The number of alkyl halides is 3. The zero-order valence-electron chi connectivity index (χ0n) is 18.8. The highest BCUT2D eigenvalue weighted by Crippen LogP contribution is 2.32. The number of aliphatic hydroxyl groups is 1. The number of thiazole rings is 1. The molecule has 11 heteroatoms. The van der Waals surface area contributed by atoms with Gasteiger partial charge in [0.2, 0.25) is 0 Å². The molecule has 0 bridgehead atoms. The van der Waals surface area contributed by atoms with Crippen LogP contribution in [-0.4, -0.2) is 32.5 Å². The van der Waals surface area contributed by atoms with E-state index in [1.807, 2.05) is 0 Å². The third-order valence-corrected chi connectivity index (χ3v) is 5.71. The van der Waals surface area contributed by atoms with Crippen molar-refractivity contribution in [1.29, 1.82) is 0 Å². The van der Waals surface area contributed by atoms with E-state index in [0.29, 0.717) is 21.8 Å². The normalized spacial score (nSPS) is 12.8. The minimum Gasteiger partial charge on any atom is -0.381 e. The molecule has 0 aliphatic heterocycles. The molecule has 3 aromatic rings. The summed E-state index contributed by atoms with van der Waals surface area (Å²) >= 11 is 1.15. The molecule has 2 heterocycles. The average molecular weight is 493 g/mol. The lowest BCUT2D eigenvalue weighted by Gasteiger charge is -2.18. The monoisotopic (exact) mass is 492 g/mol. The molecule has 3 rings (SSSR count). The molecule has 0 spiro atoms. The molecule has 180 valence electrons. The molecule has 0 fully saturated rings. The number of anilines is 1. The van der Waals surface area contributed by atoms with Crippen LogP contribution in [0.4, 0.5) is 19.0 Å². The number of nitrogens with zero attached hydrogens (tertiary/aromatic N) is 2. The van der Waals surface area contributed by atoms with E-state index in [4.69, 9.17) is 0 Å². The van der Waals surface area contributed by atoms with Crippen molar-refractivity contribution in [3.63, 3.8) is 0 Å². The van der Waals surface area contributed by atoms with Gasteiger partial charge in [-0.25, -0.2) is 9.97 Å². The van der Waals surface area contributed by atoms with E-state index in [-0.39, 0.29) is 11.5 Å². The first kappa shape index (κ1) is 25.3. The second kappa shape index (κ2) is 9.51. The fraction of sp³-hybridized carbons (Fsp3) is 0.304. The van der Waals surface area contributed by atoms with Gasteiger partial charge in [-0.05, 0) is 57.5 Å². The van der Waals surface area contributed by atoms with Crippen molar-refractivity contribution in [2.45, 2.75) is 45.5 Å². The summed E-state index contributed by atoms with van der Waals surface area (Å²) in [5.41, 5.74) is -0.464. The Morgan fingerprint density at radius 1 is 1.09 bits per heavy atom. The number of benzene rings is 1. The van der Waals surface area contributed by atoms with Crippen molar-refractivity contribution in [3.05, 3.63) is 64.3 Å². The summed E-state index contributed by atoms with van der Waals surface area (Å²) in [6.45, 7) is 6.19. The topological polar surface area (TPSA) is 104 Å². The smallest absolute Gasteiger partial charge is 0.381 e. The Morgan fingerprint density at radius 3 is 2.32 bits per heavy atom. The van der Waals surface area contributed by atoms with Crippen LogP contribution < -0.4 is 10.6 Å². The Kier molecular flexibility index (Phi) is 7.08. The number of aromatic nitrogens is 2. The van der Waals surface area contributed by atoms with Crippen LogP contribution in [0.3, 0.4) is 0 Å². The maximum atomic E-state index is 12.8. The molecule has 7 nitrogen and oxygen atoms in total. The van der Waals surface area contributed by atoms with E-state index >= 15 is 0 Å². The number of carbonyl (C=O) groups is 2. The minimum atomic E-state index is -4.43. The predicted octanol–water partition coefficient (Wildman–Crippen LogP) is 4.73. The predicted molar refractivity (Wildman–Crippen MR) is 122 cm³/mol. The van der Waals surface area contributed by atoms with Gasteiger partial charge in [0.15, 0.2) is 0 Å². The molecule has 0 saturated heterocycles. The largest absolute Gasteiger partial charge is 0.416 e. The molecule has 2 amide bonds. The van der Waals surface area contributed by atoms with Crippen molar-refractivity contribution in [2.24, 2.45) is 0 Å². The zero-order valence-corrected chi connectivity index (χ0v) is 19.6. The summed E-state index contributed by atoms with van der Waals surface area (Å²) in [4.78, 5) is 33.2. The maximum absolute atomic E-state index is 12.8. The molecule has 0 saturated carbocycles. The lowest BCUT2D eigenvalue weighted by atomic mass is 10.1. The third-order valence-electron chi connectivity index (χ3n) is 4.82. The first-order valence-electron chi connectivity index (χ1n) is 10.2. The first-order valence-corrected chi connectivity index (χ1v) is 11.1. The van der Waals surface area contributed by atoms with Crippen LogP contribution in [-0.2, 0) is 11.0 Å². The van der Waals surface area contributed by atoms with Gasteiger partial charge in [-0.15, -0.1) is 11.3 Å². The molecule has 3 N–H and O–H groups in total. The minimum absolute atomic E-state index is 0.132. The second-order valence-corrected chi connectivity index (χ2v) is 9.11. The van der Waals surface area contributed by atoms with Gasteiger partial charge >= 0.3 is 6.18 Å². The Labute approximate surface area is 198 Å². The molecule has 1 aromatic carbocycles. The van der Waals surface area contributed by atoms with Crippen molar-refractivity contribution in [1.82, 2.24) is 15.3 Å². The second-order valence-electron chi connectivity index (χ2n) is 8.25. The highest BCUT2D eigenvalue weighted by atomic mass is 32.1. The number of carbonyl (C=O) groups excluding carboxylic acids is 2. The summed E-state index contributed by atoms with van der Waals surface area (Å²) in [5, 5.41) is 17.1. The van der Waals surface area contributed by atoms with E-state index in [2.05, 4.69) is 20.6 Å². The number of halogens is 3. The van der Waals surface area contributed by atoms with Crippen LogP contribution in [0.5, 0.6) is 0 Å². The van der Waals surface area contributed by atoms with Gasteiger partial charge in [0.25, 0.3) is 11.8 Å². The standard InChI is InChI=1S/C23H23F3N4O3S/c1-12-9-15(10-18(27-12)30-21(32)22(3,4)33)13(2)28-19(31)17-11-34-20(29-17)14-5-7-16(8-6-14)23(24,25)26/h5-11,13,33H,1-4H3,(H,28,31)(H,27,30,32). The molecule has 0 radical (unpaired) electrons. The van der Waals surface area contributed by atoms with Crippen molar-refractivity contribution < 1.29 is 27.9 Å². The third kappa shape index (κ3) is 6.17. The van der Waals surface area contributed by atoms with Crippen LogP contribution in [0.25, 0.3) is 10.6 Å². The first-order chi connectivity index (χ1) is 15.7. The molecule has 34 heavy (non-hydrogen) atoms. The Balaban J connectivity index is 1.72. The summed E-state index contributed by atoms with van der Waals surface area (Å²) in [7, 11) is 0. The van der Waals surface area contributed by atoms with E-state index < -0.39 is 35.2 Å². The summed E-state index contributed by atoms with van der Waals surface area (Å²) in [6.07, 6.45) is -4.43. The zero-order chi connectivity index (χ0) is 25.3. The molecule has 0 aliphatic carbocycles. The van der Waals surface area contributed by atoms with Crippen LogP contribution in [0.1, 0.15) is 54.1 Å². The Bertz CT molecular complexity index is 1200. The fourth-order valence-electron chi connectivity index (χ4n) is 2.94. The molecular formula is C23H23F3N4O3S. The number of aryl methyl sites for hydroxylation is 1. The van der Waals surface area contributed by atoms with Gasteiger partial charge in [0.1, 0.15) is 22.1 Å². The van der Waals surface area contributed by atoms with Gasteiger partial charge in [0.05, 0.1) is 11.6 Å². The number of nitrogens with one attached hydrogen (secondary N) is 2. The molecule has 1 atom stereocenters. The SMILES string of the molecule is Cc1cc(C(C)NC(=O)c2csc(-c3ccc(C(F)(F)F)cc3)n2)cc(NC(=O)C(C)(C)O)n1. The number of hydrogen-bond acceptors (Lipinski definition) is 6. The average Bonchev–Trinajstić information content (AvgIpc) is 3.22. The molecule has 2 aromatic heterocycles.